The molecule has 2 N–H and O–H groups in total. The molecule has 1 saturated heterocycles. The Balaban J connectivity index is 1.75. The van der Waals surface area contributed by atoms with Gasteiger partial charge in [0.15, 0.2) is 0 Å². The Bertz CT molecular complexity index is 421. The summed E-state index contributed by atoms with van der Waals surface area (Å²) in [4.78, 5) is 16.0. The Morgan fingerprint density at radius 3 is 2.95 bits per heavy atom. The fraction of sp³-hybridized carbons (Fsp3) is 0.625. The molecule has 0 aromatic carbocycles. The number of amides is 1. The Labute approximate surface area is 121 Å². The van der Waals surface area contributed by atoms with Crippen molar-refractivity contribution in [3.8, 4) is 0 Å². The Morgan fingerprint density at radius 2 is 2.25 bits per heavy atom. The van der Waals surface area contributed by atoms with Crippen LogP contribution in [0.3, 0.4) is 0 Å². The fourth-order valence-electron chi connectivity index (χ4n) is 2.77. The summed E-state index contributed by atoms with van der Waals surface area (Å²) in [5.41, 5.74) is 1.17. The third-order valence-electron chi connectivity index (χ3n) is 4.22. The molecule has 1 aromatic heterocycles. The molecule has 0 saturated carbocycles. The van der Waals surface area contributed by atoms with E-state index < -0.39 is 0 Å². The van der Waals surface area contributed by atoms with Crippen molar-refractivity contribution in [1.82, 2.24) is 15.6 Å². The van der Waals surface area contributed by atoms with Crippen LogP contribution in [0.5, 0.6) is 0 Å². The maximum Gasteiger partial charge on any atom is 0.220 e. The van der Waals surface area contributed by atoms with E-state index in [0.717, 1.165) is 13.1 Å². The minimum Gasteiger partial charge on any atom is -0.355 e. The number of hydrogen-bond donors (Lipinski definition) is 2. The lowest BCUT2D eigenvalue weighted by Gasteiger charge is -2.30. The van der Waals surface area contributed by atoms with E-state index in [-0.39, 0.29) is 11.8 Å². The number of carbonyl (C=O) groups is 1. The molecule has 0 bridgehead atoms. The molecule has 2 rings (SSSR count). The first kappa shape index (κ1) is 15.0. The molecule has 4 heteroatoms. The van der Waals surface area contributed by atoms with Gasteiger partial charge in [-0.15, -0.1) is 0 Å². The zero-order valence-electron chi connectivity index (χ0n) is 12.4. The maximum atomic E-state index is 12.0. The number of pyridine rings is 1. The van der Waals surface area contributed by atoms with Crippen LogP contribution in [0, 0.1) is 5.92 Å². The molecule has 3 atom stereocenters. The minimum absolute atomic E-state index is 0.133. The topological polar surface area (TPSA) is 54.0 Å². The first-order valence-corrected chi connectivity index (χ1v) is 7.57. The summed E-state index contributed by atoms with van der Waals surface area (Å²) >= 11 is 0. The molecule has 0 aliphatic carbocycles. The molecule has 2 heterocycles. The van der Waals surface area contributed by atoms with Gasteiger partial charge in [0.05, 0.1) is 0 Å². The predicted octanol–water partition coefficient (Wildman–Crippen LogP) is 2.08. The van der Waals surface area contributed by atoms with Crippen molar-refractivity contribution in [3.05, 3.63) is 30.1 Å². The van der Waals surface area contributed by atoms with E-state index in [1.54, 1.807) is 12.4 Å². The Morgan fingerprint density at radius 1 is 1.50 bits per heavy atom. The third-order valence-corrected chi connectivity index (χ3v) is 4.22. The summed E-state index contributed by atoms with van der Waals surface area (Å²) < 4.78 is 0. The normalized spacial score (nSPS) is 24.1. The van der Waals surface area contributed by atoms with Gasteiger partial charge < -0.3 is 10.6 Å². The monoisotopic (exact) mass is 275 g/mol. The Kier molecular flexibility index (Phi) is 5.53. The van der Waals surface area contributed by atoms with Crippen LogP contribution in [0.1, 0.15) is 44.6 Å². The highest BCUT2D eigenvalue weighted by Crippen LogP contribution is 2.18. The fourth-order valence-corrected chi connectivity index (χ4v) is 2.77. The largest absolute Gasteiger partial charge is 0.355 e. The van der Waals surface area contributed by atoms with Crippen molar-refractivity contribution in [1.29, 1.82) is 0 Å². The molecule has 0 unspecified atom stereocenters. The molecule has 1 aromatic rings. The molecule has 1 aliphatic rings. The standard InChI is InChI=1S/C16H25N3O/c1-12-4-3-7-18-15(12)11-19-16(20)10-13(2)14-5-8-17-9-6-14/h5-6,8-9,12-13,15,18H,3-4,7,10-11H2,1-2H3,(H,19,20)/t12-,13-,15-/m1/s1. The average Bonchev–Trinajstić information content (AvgIpc) is 2.47. The van der Waals surface area contributed by atoms with E-state index in [1.807, 2.05) is 12.1 Å². The van der Waals surface area contributed by atoms with Gasteiger partial charge in [-0.2, -0.15) is 0 Å². The van der Waals surface area contributed by atoms with Crippen molar-refractivity contribution >= 4 is 5.91 Å². The second kappa shape index (κ2) is 7.39. The first-order valence-electron chi connectivity index (χ1n) is 7.57. The van der Waals surface area contributed by atoms with Crippen LogP contribution in [-0.4, -0.2) is 30.0 Å². The Hall–Kier alpha value is -1.42. The number of hydrogen-bond acceptors (Lipinski definition) is 3. The van der Waals surface area contributed by atoms with Gasteiger partial charge in [0, 0.05) is 31.4 Å². The van der Waals surface area contributed by atoms with Crippen molar-refractivity contribution < 1.29 is 4.79 Å². The highest BCUT2D eigenvalue weighted by atomic mass is 16.1. The zero-order chi connectivity index (χ0) is 14.4. The summed E-state index contributed by atoms with van der Waals surface area (Å²) in [7, 11) is 0. The lowest BCUT2D eigenvalue weighted by molar-refractivity contribution is -0.121. The second-order valence-corrected chi connectivity index (χ2v) is 5.87. The quantitative estimate of drug-likeness (QED) is 0.865. The van der Waals surface area contributed by atoms with Crippen molar-refractivity contribution in [3.63, 3.8) is 0 Å². The SMILES string of the molecule is C[C@H](CC(=O)NC[C@H]1NCCC[C@H]1C)c1ccncc1. The maximum absolute atomic E-state index is 12.0. The molecule has 4 nitrogen and oxygen atoms in total. The zero-order valence-corrected chi connectivity index (χ0v) is 12.4. The number of nitrogens with one attached hydrogen (secondary N) is 2. The number of aromatic nitrogens is 1. The highest BCUT2D eigenvalue weighted by molar-refractivity contribution is 5.76. The second-order valence-electron chi connectivity index (χ2n) is 5.87. The van der Waals surface area contributed by atoms with Crippen LogP contribution in [-0.2, 0) is 4.79 Å². The summed E-state index contributed by atoms with van der Waals surface area (Å²) in [6, 6.07) is 4.37. The van der Waals surface area contributed by atoms with Crippen molar-refractivity contribution in [2.24, 2.45) is 5.92 Å². The molecule has 20 heavy (non-hydrogen) atoms. The van der Waals surface area contributed by atoms with E-state index in [2.05, 4.69) is 29.5 Å². The minimum atomic E-state index is 0.133. The molecule has 0 spiro atoms. The van der Waals surface area contributed by atoms with Gasteiger partial charge in [-0.25, -0.2) is 0 Å². The van der Waals surface area contributed by atoms with Crippen molar-refractivity contribution in [2.45, 2.75) is 45.1 Å². The van der Waals surface area contributed by atoms with E-state index in [4.69, 9.17) is 0 Å². The third kappa shape index (κ3) is 4.30. The summed E-state index contributed by atoms with van der Waals surface area (Å²) in [6.07, 6.45) is 6.57. The van der Waals surface area contributed by atoms with Crippen LogP contribution in [0.4, 0.5) is 0 Å². The number of carbonyl (C=O) groups excluding carboxylic acids is 1. The molecular formula is C16H25N3O. The molecule has 1 fully saturated rings. The first-order chi connectivity index (χ1) is 9.66. The van der Waals surface area contributed by atoms with Gasteiger partial charge in [-0.3, -0.25) is 9.78 Å². The van der Waals surface area contributed by atoms with E-state index >= 15 is 0 Å². The van der Waals surface area contributed by atoms with Gasteiger partial charge in [-0.1, -0.05) is 13.8 Å². The molecule has 1 aliphatic heterocycles. The number of piperidine rings is 1. The van der Waals surface area contributed by atoms with Crippen LogP contribution in [0.2, 0.25) is 0 Å². The van der Waals surface area contributed by atoms with Gasteiger partial charge in [0.2, 0.25) is 5.91 Å². The molecule has 0 radical (unpaired) electrons. The van der Waals surface area contributed by atoms with Gasteiger partial charge >= 0.3 is 0 Å². The van der Waals surface area contributed by atoms with E-state index in [0.29, 0.717) is 18.4 Å². The number of rotatable bonds is 5. The number of nitrogens with zero attached hydrogens (tertiary/aromatic N) is 1. The smallest absolute Gasteiger partial charge is 0.220 e. The summed E-state index contributed by atoms with van der Waals surface area (Å²) in [5, 5.41) is 6.55. The lowest BCUT2D eigenvalue weighted by atomic mass is 9.92. The summed E-state index contributed by atoms with van der Waals surface area (Å²) in [5.74, 6) is 1.00. The van der Waals surface area contributed by atoms with E-state index in [1.165, 1.54) is 18.4 Å². The molecule has 1 amide bonds. The van der Waals surface area contributed by atoms with Gasteiger partial charge in [0.1, 0.15) is 0 Å². The van der Waals surface area contributed by atoms with Gasteiger partial charge in [0.25, 0.3) is 0 Å². The average molecular weight is 275 g/mol. The van der Waals surface area contributed by atoms with E-state index in [9.17, 15) is 4.79 Å². The van der Waals surface area contributed by atoms with Crippen molar-refractivity contribution in [2.75, 3.05) is 13.1 Å². The van der Waals surface area contributed by atoms with Crippen LogP contribution < -0.4 is 10.6 Å². The van der Waals surface area contributed by atoms with Crippen LogP contribution >= 0.6 is 0 Å². The lowest BCUT2D eigenvalue weighted by Crippen LogP contribution is -2.47. The predicted molar refractivity (Wildman–Crippen MR) is 80.5 cm³/mol. The molecule has 110 valence electrons. The van der Waals surface area contributed by atoms with Gasteiger partial charge in [-0.05, 0) is 48.9 Å². The molecular weight excluding hydrogens is 250 g/mol. The van der Waals surface area contributed by atoms with Crippen LogP contribution in [0.25, 0.3) is 0 Å². The summed E-state index contributed by atoms with van der Waals surface area (Å²) in [6.45, 7) is 6.14. The van der Waals surface area contributed by atoms with Crippen LogP contribution in [0.15, 0.2) is 24.5 Å². The highest BCUT2D eigenvalue weighted by Gasteiger charge is 2.21.